The minimum atomic E-state index is -1.05. The van der Waals surface area contributed by atoms with Gasteiger partial charge in [0.1, 0.15) is 5.75 Å². The Bertz CT molecular complexity index is 637. The molecular formula is C14H14N2O4S. The van der Waals surface area contributed by atoms with Gasteiger partial charge in [0.25, 0.3) is 0 Å². The number of phenols is 1. The van der Waals surface area contributed by atoms with Gasteiger partial charge in [0.2, 0.25) is 5.91 Å². The van der Waals surface area contributed by atoms with Gasteiger partial charge in [-0.1, -0.05) is 12.1 Å². The number of carbonyl (C=O) groups excluding carboxylic acids is 1. The Morgan fingerprint density at radius 1 is 1.24 bits per heavy atom. The highest BCUT2D eigenvalue weighted by Gasteiger charge is 2.09. The molecule has 2 aromatic rings. The van der Waals surface area contributed by atoms with Crippen molar-refractivity contribution in [1.82, 2.24) is 10.3 Å². The van der Waals surface area contributed by atoms with Crippen molar-refractivity contribution in [2.45, 2.75) is 12.8 Å². The first-order chi connectivity index (χ1) is 10.0. The van der Waals surface area contributed by atoms with Gasteiger partial charge >= 0.3 is 5.97 Å². The highest BCUT2D eigenvalue weighted by Crippen LogP contribution is 2.11. The SMILES string of the molecule is O=C(Cc1ccc(O)cc1)NCCc1nc(C(=O)O)cs1. The van der Waals surface area contributed by atoms with Gasteiger partial charge in [0, 0.05) is 18.3 Å². The Labute approximate surface area is 125 Å². The number of aromatic nitrogens is 1. The van der Waals surface area contributed by atoms with E-state index in [9.17, 15) is 9.59 Å². The average molecular weight is 306 g/mol. The maximum absolute atomic E-state index is 11.7. The van der Waals surface area contributed by atoms with Gasteiger partial charge in [0.15, 0.2) is 5.69 Å². The second kappa shape index (κ2) is 6.85. The first kappa shape index (κ1) is 15.0. The predicted octanol–water partition coefficient (Wildman–Crippen LogP) is 1.45. The number of aromatic hydroxyl groups is 1. The standard InChI is InChI=1S/C14H14N2O4S/c17-10-3-1-9(2-4-10)7-12(18)15-6-5-13-16-11(8-21-13)14(19)20/h1-4,8,17H,5-7H2,(H,15,18)(H,19,20). The third-order valence-corrected chi connectivity index (χ3v) is 3.64. The van der Waals surface area contributed by atoms with Gasteiger partial charge in [0.05, 0.1) is 11.4 Å². The van der Waals surface area contributed by atoms with Crippen LogP contribution in [0.4, 0.5) is 0 Å². The van der Waals surface area contributed by atoms with Gasteiger partial charge in [-0.25, -0.2) is 9.78 Å². The van der Waals surface area contributed by atoms with E-state index in [4.69, 9.17) is 10.2 Å². The Hall–Kier alpha value is -2.41. The van der Waals surface area contributed by atoms with Gasteiger partial charge in [-0.2, -0.15) is 0 Å². The predicted molar refractivity (Wildman–Crippen MR) is 77.6 cm³/mol. The van der Waals surface area contributed by atoms with Crippen molar-refractivity contribution in [2.75, 3.05) is 6.54 Å². The Morgan fingerprint density at radius 3 is 2.57 bits per heavy atom. The van der Waals surface area contributed by atoms with Crippen LogP contribution in [-0.2, 0) is 17.6 Å². The minimum Gasteiger partial charge on any atom is -0.508 e. The van der Waals surface area contributed by atoms with E-state index in [2.05, 4.69) is 10.3 Å². The molecule has 3 N–H and O–H groups in total. The van der Waals surface area contributed by atoms with E-state index in [0.717, 1.165) is 5.56 Å². The summed E-state index contributed by atoms with van der Waals surface area (Å²) in [7, 11) is 0. The summed E-state index contributed by atoms with van der Waals surface area (Å²) >= 11 is 1.26. The third kappa shape index (κ3) is 4.57. The molecule has 0 fully saturated rings. The summed E-state index contributed by atoms with van der Waals surface area (Å²) in [5.74, 6) is -1.01. The number of nitrogens with one attached hydrogen (secondary N) is 1. The number of carbonyl (C=O) groups is 2. The molecule has 0 atom stereocenters. The van der Waals surface area contributed by atoms with Gasteiger partial charge < -0.3 is 15.5 Å². The maximum Gasteiger partial charge on any atom is 0.355 e. The summed E-state index contributed by atoms with van der Waals surface area (Å²) in [6.07, 6.45) is 0.734. The summed E-state index contributed by atoms with van der Waals surface area (Å²) in [5, 5.41) is 22.8. The molecule has 1 amide bonds. The lowest BCUT2D eigenvalue weighted by Gasteiger charge is -2.04. The van der Waals surface area contributed by atoms with Crippen molar-refractivity contribution in [1.29, 1.82) is 0 Å². The van der Waals surface area contributed by atoms with Crippen LogP contribution in [0.25, 0.3) is 0 Å². The van der Waals surface area contributed by atoms with Crippen LogP contribution >= 0.6 is 11.3 Å². The molecule has 0 aliphatic rings. The van der Waals surface area contributed by atoms with Crippen molar-refractivity contribution in [3.63, 3.8) is 0 Å². The van der Waals surface area contributed by atoms with E-state index in [1.807, 2.05) is 0 Å². The molecule has 7 heteroatoms. The molecule has 21 heavy (non-hydrogen) atoms. The maximum atomic E-state index is 11.7. The van der Waals surface area contributed by atoms with E-state index in [1.165, 1.54) is 28.8 Å². The van der Waals surface area contributed by atoms with Crippen LogP contribution in [0.2, 0.25) is 0 Å². The molecule has 2 rings (SSSR count). The number of rotatable bonds is 6. The Balaban J connectivity index is 1.76. The fraction of sp³-hybridized carbons (Fsp3) is 0.214. The van der Waals surface area contributed by atoms with Crippen molar-refractivity contribution >= 4 is 23.2 Å². The molecule has 1 heterocycles. The number of benzene rings is 1. The van der Waals surface area contributed by atoms with E-state index >= 15 is 0 Å². The topological polar surface area (TPSA) is 99.5 Å². The van der Waals surface area contributed by atoms with Gasteiger partial charge in [-0.05, 0) is 17.7 Å². The molecular weight excluding hydrogens is 292 g/mol. The molecule has 0 aliphatic carbocycles. The van der Waals surface area contributed by atoms with E-state index in [-0.39, 0.29) is 23.8 Å². The average Bonchev–Trinajstić information content (AvgIpc) is 2.90. The molecule has 1 aromatic heterocycles. The van der Waals surface area contributed by atoms with Crippen LogP contribution in [0.5, 0.6) is 5.75 Å². The lowest BCUT2D eigenvalue weighted by molar-refractivity contribution is -0.120. The van der Waals surface area contributed by atoms with Crippen molar-refractivity contribution in [3.8, 4) is 5.75 Å². The number of carboxylic acid groups (broad SMARTS) is 1. The van der Waals surface area contributed by atoms with Gasteiger partial charge in [-0.15, -0.1) is 11.3 Å². The Kier molecular flexibility index (Phi) is 4.89. The molecule has 0 bridgehead atoms. The monoisotopic (exact) mass is 306 g/mol. The van der Waals surface area contributed by atoms with Crippen molar-refractivity contribution in [3.05, 3.63) is 45.9 Å². The highest BCUT2D eigenvalue weighted by molar-refractivity contribution is 7.09. The summed E-state index contributed by atoms with van der Waals surface area (Å²) < 4.78 is 0. The van der Waals surface area contributed by atoms with Crippen LogP contribution in [0.1, 0.15) is 21.1 Å². The number of phenolic OH excluding ortho intramolecular Hbond substituents is 1. The highest BCUT2D eigenvalue weighted by atomic mass is 32.1. The fourth-order valence-electron chi connectivity index (χ4n) is 1.69. The summed E-state index contributed by atoms with van der Waals surface area (Å²) in [6, 6.07) is 6.45. The molecule has 0 aliphatic heterocycles. The minimum absolute atomic E-state index is 0.0328. The summed E-state index contributed by atoms with van der Waals surface area (Å²) in [4.78, 5) is 26.3. The van der Waals surface area contributed by atoms with E-state index in [0.29, 0.717) is 18.0 Å². The first-order valence-electron chi connectivity index (χ1n) is 6.27. The number of hydrogen-bond donors (Lipinski definition) is 3. The number of thiazole rings is 1. The molecule has 6 nitrogen and oxygen atoms in total. The molecule has 0 saturated carbocycles. The summed E-state index contributed by atoms with van der Waals surface area (Å²) in [5.41, 5.74) is 0.845. The number of nitrogens with zero attached hydrogens (tertiary/aromatic N) is 1. The van der Waals surface area contributed by atoms with Crippen LogP contribution < -0.4 is 5.32 Å². The van der Waals surface area contributed by atoms with Crippen molar-refractivity contribution in [2.24, 2.45) is 0 Å². The van der Waals surface area contributed by atoms with Crippen LogP contribution in [0, 0.1) is 0 Å². The number of aromatic carboxylic acids is 1. The molecule has 110 valence electrons. The molecule has 0 radical (unpaired) electrons. The molecule has 1 aromatic carbocycles. The normalized spacial score (nSPS) is 10.3. The second-order valence-corrected chi connectivity index (χ2v) is 5.32. The van der Waals surface area contributed by atoms with E-state index in [1.54, 1.807) is 12.1 Å². The zero-order chi connectivity index (χ0) is 15.2. The zero-order valence-corrected chi connectivity index (χ0v) is 11.9. The number of carboxylic acids is 1. The molecule has 0 saturated heterocycles. The second-order valence-electron chi connectivity index (χ2n) is 4.37. The van der Waals surface area contributed by atoms with Crippen molar-refractivity contribution < 1.29 is 19.8 Å². The number of hydrogen-bond acceptors (Lipinski definition) is 5. The van der Waals surface area contributed by atoms with E-state index < -0.39 is 5.97 Å². The fourth-order valence-corrected chi connectivity index (χ4v) is 2.47. The zero-order valence-electron chi connectivity index (χ0n) is 11.1. The molecule has 0 unspecified atom stereocenters. The quantitative estimate of drug-likeness (QED) is 0.750. The van der Waals surface area contributed by atoms with Crippen LogP contribution in [0.3, 0.4) is 0 Å². The van der Waals surface area contributed by atoms with Gasteiger partial charge in [-0.3, -0.25) is 4.79 Å². The third-order valence-electron chi connectivity index (χ3n) is 2.73. The molecule has 0 spiro atoms. The van der Waals surface area contributed by atoms with Crippen LogP contribution in [-0.4, -0.2) is 33.6 Å². The smallest absolute Gasteiger partial charge is 0.355 e. The Morgan fingerprint density at radius 2 is 1.95 bits per heavy atom. The summed E-state index contributed by atoms with van der Waals surface area (Å²) in [6.45, 7) is 0.406. The largest absolute Gasteiger partial charge is 0.508 e. The van der Waals surface area contributed by atoms with Crippen LogP contribution in [0.15, 0.2) is 29.6 Å². The lowest BCUT2D eigenvalue weighted by Crippen LogP contribution is -2.27. The first-order valence-corrected chi connectivity index (χ1v) is 7.15. The lowest BCUT2D eigenvalue weighted by atomic mass is 10.1. The number of amides is 1.